The third-order valence-electron chi connectivity index (χ3n) is 5.47. The molecule has 0 unspecified atom stereocenters. The second kappa shape index (κ2) is 11.2. The lowest BCUT2D eigenvalue weighted by Gasteiger charge is -2.31. The highest BCUT2D eigenvalue weighted by molar-refractivity contribution is 8.00. The number of para-hydroxylation sites is 1. The van der Waals surface area contributed by atoms with Gasteiger partial charge in [-0.1, -0.05) is 67.8 Å². The fourth-order valence-corrected chi connectivity index (χ4v) is 4.54. The predicted molar refractivity (Wildman–Crippen MR) is 122 cm³/mol. The average Bonchev–Trinajstić information content (AvgIpc) is 2.76. The number of benzene rings is 2. The minimum atomic E-state index is -0.0661. The Bertz CT molecular complexity index is 804. The van der Waals surface area contributed by atoms with Gasteiger partial charge in [-0.3, -0.25) is 14.5 Å². The van der Waals surface area contributed by atoms with E-state index in [2.05, 4.69) is 23.3 Å². The summed E-state index contributed by atoms with van der Waals surface area (Å²) in [4.78, 5) is 27.0. The molecule has 0 heterocycles. The van der Waals surface area contributed by atoms with Crippen molar-refractivity contribution >= 4 is 29.1 Å². The molecule has 5 heteroatoms. The number of hydrogen-bond donors (Lipinski definition) is 1. The van der Waals surface area contributed by atoms with Crippen LogP contribution in [0.2, 0.25) is 0 Å². The number of Topliss-reactive ketones (excluding diaryl/α,β-unsaturated/α-hetero) is 1. The Labute approximate surface area is 178 Å². The molecule has 0 atom stereocenters. The highest BCUT2D eigenvalue weighted by atomic mass is 32.2. The number of hydrogen-bond acceptors (Lipinski definition) is 4. The lowest BCUT2D eigenvalue weighted by molar-refractivity contribution is -0.113. The topological polar surface area (TPSA) is 49.4 Å². The Morgan fingerprint density at radius 2 is 1.66 bits per heavy atom. The maximum Gasteiger partial charge on any atom is 0.234 e. The zero-order chi connectivity index (χ0) is 20.5. The number of nitrogens with zero attached hydrogens (tertiary/aromatic N) is 1. The van der Waals surface area contributed by atoms with E-state index in [9.17, 15) is 9.59 Å². The number of nitrogens with one attached hydrogen (secondary N) is 1. The second-order valence-corrected chi connectivity index (χ2v) is 8.68. The third kappa shape index (κ3) is 6.72. The monoisotopic (exact) mass is 410 g/mol. The lowest BCUT2D eigenvalue weighted by atomic mass is 9.94. The van der Waals surface area contributed by atoms with Crippen LogP contribution in [0.1, 0.15) is 48.0 Å². The lowest BCUT2D eigenvalue weighted by Crippen LogP contribution is -2.33. The normalized spacial score (nSPS) is 14.7. The zero-order valence-corrected chi connectivity index (χ0v) is 17.9. The van der Waals surface area contributed by atoms with Gasteiger partial charge in [0.2, 0.25) is 5.91 Å². The van der Waals surface area contributed by atoms with Crippen molar-refractivity contribution in [3.05, 3.63) is 65.7 Å². The second-order valence-electron chi connectivity index (χ2n) is 7.69. The molecule has 1 fully saturated rings. The van der Waals surface area contributed by atoms with Gasteiger partial charge >= 0.3 is 0 Å². The molecule has 0 radical (unpaired) electrons. The van der Waals surface area contributed by atoms with Crippen molar-refractivity contribution in [1.82, 2.24) is 4.90 Å². The summed E-state index contributed by atoms with van der Waals surface area (Å²) in [5, 5.41) is 3.03. The Morgan fingerprint density at radius 3 is 2.41 bits per heavy atom. The first-order chi connectivity index (χ1) is 14.1. The van der Waals surface area contributed by atoms with E-state index in [0.29, 0.717) is 17.4 Å². The molecule has 1 aliphatic carbocycles. The molecule has 0 bridgehead atoms. The number of rotatable bonds is 9. The van der Waals surface area contributed by atoms with Gasteiger partial charge in [0.05, 0.1) is 11.5 Å². The summed E-state index contributed by atoms with van der Waals surface area (Å²) < 4.78 is 0. The Hall–Kier alpha value is -2.11. The summed E-state index contributed by atoms with van der Waals surface area (Å²) in [6.45, 7) is 0.834. The number of carbonyl (C=O) groups is 2. The Kier molecular flexibility index (Phi) is 8.32. The van der Waals surface area contributed by atoms with E-state index in [1.54, 1.807) is 0 Å². The molecule has 0 spiro atoms. The van der Waals surface area contributed by atoms with Crippen LogP contribution >= 0.6 is 11.8 Å². The van der Waals surface area contributed by atoms with Gasteiger partial charge in [-0.25, -0.2) is 0 Å². The highest BCUT2D eigenvalue weighted by Gasteiger charge is 2.19. The van der Waals surface area contributed by atoms with Crippen molar-refractivity contribution in [3.8, 4) is 0 Å². The zero-order valence-electron chi connectivity index (χ0n) is 17.1. The van der Waals surface area contributed by atoms with Gasteiger partial charge in [0.15, 0.2) is 5.78 Å². The maximum atomic E-state index is 12.4. The first-order valence-electron chi connectivity index (χ1n) is 10.4. The summed E-state index contributed by atoms with van der Waals surface area (Å²) in [6, 6.07) is 17.9. The smallest absolute Gasteiger partial charge is 0.234 e. The van der Waals surface area contributed by atoms with Crippen LogP contribution in [-0.2, 0) is 11.3 Å². The molecule has 1 saturated carbocycles. The largest absolute Gasteiger partial charge is 0.325 e. The summed E-state index contributed by atoms with van der Waals surface area (Å²) in [7, 11) is 2.18. The molecule has 0 aliphatic heterocycles. The average molecular weight is 411 g/mol. The minimum Gasteiger partial charge on any atom is -0.325 e. The summed E-state index contributed by atoms with van der Waals surface area (Å²) in [6.07, 6.45) is 6.49. The molecule has 4 nitrogen and oxygen atoms in total. The van der Waals surface area contributed by atoms with Gasteiger partial charge in [-0.05, 0) is 31.5 Å². The molecular formula is C24H30N2O2S. The molecule has 2 aromatic carbocycles. The van der Waals surface area contributed by atoms with E-state index in [0.717, 1.165) is 17.8 Å². The fraction of sp³-hybridized carbons (Fsp3) is 0.417. The number of anilines is 1. The molecule has 2 aromatic rings. The number of amides is 1. The molecule has 0 aromatic heterocycles. The van der Waals surface area contributed by atoms with Crippen molar-refractivity contribution < 1.29 is 9.59 Å². The first kappa shape index (κ1) is 21.6. The van der Waals surface area contributed by atoms with Crippen molar-refractivity contribution in [2.75, 3.05) is 23.9 Å². The molecule has 1 amide bonds. The van der Waals surface area contributed by atoms with Crippen LogP contribution in [0.5, 0.6) is 0 Å². The summed E-state index contributed by atoms with van der Waals surface area (Å²) in [5.74, 6) is 0.566. The van der Waals surface area contributed by atoms with E-state index in [4.69, 9.17) is 0 Å². The van der Waals surface area contributed by atoms with Gasteiger partial charge in [-0.15, -0.1) is 11.8 Å². The van der Waals surface area contributed by atoms with Crippen molar-refractivity contribution in [3.63, 3.8) is 0 Å². The minimum absolute atomic E-state index is 0.0536. The molecule has 3 rings (SSSR count). The van der Waals surface area contributed by atoms with Crippen LogP contribution in [-0.4, -0.2) is 41.2 Å². The quantitative estimate of drug-likeness (QED) is 0.591. The van der Waals surface area contributed by atoms with Gasteiger partial charge in [-0.2, -0.15) is 0 Å². The van der Waals surface area contributed by atoms with Crippen LogP contribution in [0.3, 0.4) is 0 Å². The van der Waals surface area contributed by atoms with Crippen molar-refractivity contribution in [1.29, 1.82) is 0 Å². The molecule has 1 aliphatic rings. The maximum absolute atomic E-state index is 12.4. The standard InChI is InChI=1S/C24H30N2O2S/c1-26(21-13-6-3-7-14-21)16-20-12-8-9-15-22(20)25-24(28)18-29-17-23(27)19-10-4-2-5-11-19/h2,4-5,8-12,15,21H,3,6-7,13-14,16-18H2,1H3,(H,25,28). The first-order valence-corrected chi connectivity index (χ1v) is 11.5. The van der Waals surface area contributed by atoms with Crippen LogP contribution in [0.25, 0.3) is 0 Å². The number of ketones is 1. The van der Waals surface area contributed by atoms with E-state index in [-0.39, 0.29) is 17.4 Å². The highest BCUT2D eigenvalue weighted by Crippen LogP contribution is 2.25. The molecule has 29 heavy (non-hydrogen) atoms. The van der Waals surface area contributed by atoms with E-state index >= 15 is 0 Å². The van der Waals surface area contributed by atoms with Crippen LogP contribution < -0.4 is 5.32 Å². The Morgan fingerprint density at radius 1 is 0.966 bits per heavy atom. The number of thioether (sulfide) groups is 1. The SMILES string of the molecule is CN(Cc1ccccc1NC(=O)CSCC(=O)c1ccccc1)C1CCCCC1. The number of carbonyl (C=O) groups excluding carboxylic acids is 2. The van der Waals surface area contributed by atoms with Crippen molar-refractivity contribution in [2.24, 2.45) is 0 Å². The van der Waals surface area contributed by atoms with Gasteiger partial charge < -0.3 is 5.32 Å². The van der Waals surface area contributed by atoms with E-state index in [1.807, 2.05) is 48.5 Å². The van der Waals surface area contributed by atoms with Crippen LogP contribution in [0.4, 0.5) is 5.69 Å². The molecule has 154 valence electrons. The predicted octanol–water partition coefficient (Wildman–Crippen LogP) is 5.01. The summed E-state index contributed by atoms with van der Waals surface area (Å²) in [5.41, 5.74) is 2.70. The van der Waals surface area contributed by atoms with Crippen LogP contribution in [0.15, 0.2) is 54.6 Å². The Balaban J connectivity index is 1.49. The molecule has 0 saturated heterocycles. The van der Waals surface area contributed by atoms with Gasteiger partial charge in [0, 0.05) is 23.8 Å². The van der Waals surface area contributed by atoms with E-state index in [1.165, 1.54) is 43.9 Å². The van der Waals surface area contributed by atoms with Crippen LogP contribution in [0, 0.1) is 0 Å². The molecular weight excluding hydrogens is 380 g/mol. The van der Waals surface area contributed by atoms with Gasteiger partial charge in [0.1, 0.15) is 0 Å². The van der Waals surface area contributed by atoms with E-state index < -0.39 is 0 Å². The third-order valence-corrected chi connectivity index (χ3v) is 6.40. The summed E-state index contributed by atoms with van der Waals surface area (Å²) >= 11 is 1.35. The van der Waals surface area contributed by atoms with Crippen molar-refractivity contribution in [2.45, 2.75) is 44.7 Å². The fourth-order valence-electron chi connectivity index (χ4n) is 3.83. The molecule has 1 N–H and O–H groups in total. The van der Waals surface area contributed by atoms with Gasteiger partial charge in [0.25, 0.3) is 0 Å².